The Balaban J connectivity index is 1.86. The van der Waals surface area contributed by atoms with E-state index in [1.807, 2.05) is 61.3 Å². The number of ether oxygens (including phenoxy) is 2. The van der Waals surface area contributed by atoms with Crippen molar-refractivity contribution in [1.82, 2.24) is 4.90 Å². The van der Waals surface area contributed by atoms with Gasteiger partial charge in [0.2, 0.25) is 0 Å². The Kier molecular flexibility index (Phi) is 6.74. The van der Waals surface area contributed by atoms with Gasteiger partial charge in [-0.1, -0.05) is 48.4 Å². The second-order valence-electron chi connectivity index (χ2n) is 7.29. The van der Waals surface area contributed by atoms with Crippen LogP contribution < -0.4 is 4.74 Å². The number of methoxy groups -OCH3 is 1. The van der Waals surface area contributed by atoms with Crippen LogP contribution in [0.4, 0.5) is 0 Å². The van der Waals surface area contributed by atoms with Crippen molar-refractivity contribution in [1.29, 1.82) is 0 Å². The molecule has 0 bridgehead atoms. The molecule has 0 radical (unpaired) electrons. The largest absolute Gasteiger partial charge is 0.497 e. The first-order chi connectivity index (χ1) is 14.0. The minimum absolute atomic E-state index is 0.192. The Morgan fingerprint density at radius 2 is 1.97 bits per heavy atom. The first-order valence-corrected chi connectivity index (χ1v) is 9.79. The number of esters is 1. The van der Waals surface area contributed by atoms with Gasteiger partial charge in [-0.25, -0.2) is 4.79 Å². The molecule has 3 rings (SSSR count). The van der Waals surface area contributed by atoms with E-state index in [9.17, 15) is 4.79 Å². The fourth-order valence-electron chi connectivity index (χ4n) is 3.56. The van der Waals surface area contributed by atoms with Crippen LogP contribution in [0.2, 0.25) is 0 Å². The number of carbonyl (C=O) groups is 1. The van der Waals surface area contributed by atoms with E-state index in [1.165, 1.54) is 5.56 Å². The number of hydrogen-bond donors (Lipinski definition) is 0. The second kappa shape index (κ2) is 9.45. The highest BCUT2D eigenvalue weighted by Gasteiger charge is 2.32. The fraction of sp³-hybridized carbons (Fsp3) is 0.320. The van der Waals surface area contributed by atoms with Crippen molar-refractivity contribution in [3.8, 4) is 18.1 Å². The second-order valence-corrected chi connectivity index (χ2v) is 7.29. The Bertz CT molecular complexity index is 927. The van der Waals surface area contributed by atoms with E-state index >= 15 is 0 Å². The van der Waals surface area contributed by atoms with Crippen LogP contribution in [0.3, 0.4) is 0 Å². The maximum absolute atomic E-state index is 13.1. The molecule has 2 atom stereocenters. The maximum Gasteiger partial charge on any atom is 0.328 e. The number of terminal acetylenes is 1. The van der Waals surface area contributed by atoms with Gasteiger partial charge in [-0.15, -0.1) is 6.42 Å². The average Bonchev–Trinajstić information content (AvgIpc) is 2.77. The Labute approximate surface area is 173 Å². The summed E-state index contributed by atoms with van der Waals surface area (Å²) in [6.45, 7) is 2.16. The van der Waals surface area contributed by atoms with Crippen LogP contribution in [0.25, 0.3) is 6.08 Å². The first-order valence-electron chi connectivity index (χ1n) is 9.79. The highest BCUT2D eigenvalue weighted by molar-refractivity contribution is 5.82. The van der Waals surface area contributed by atoms with E-state index < -0.39 is 6.04 Å². The molecule has 0 amide bonds. The molecule has 0 saturated carbocycles. The lowest BCUT2D eigenvalue weighted by atomic mass is 9.87. The molecule has 1 aliphatic rings. The van der Waals surface area contributed by atoms with Gasteiger partial charge in [-0.3, -0.25) is 4.90 Å². The minimum atomic E-state index is -0.514. The molecule has 0 saturated heterocycles. The Morgan fingerprint density at radius 1 is 1.21 bits per heavy atom. The molecule has 0 spiro atoms. The highest BCUT2D eigenvalue weighted by atomic mass is 16.5. The Morgan fingerprint density at radius 3 is 2.66 bits per heavy atom. The monoisotopic (exact) mass is 389 g/mol. The standard InChI is InChI=1S/C25H27NO3/c1-5-18(2)26(3)24(25(27)29-17-19-9-7-6-8-10-19)22-12-11-21-16-23(28-4)14-13-20(21)15-22/h1,6-10,13-16,18,24H,11-12,17H2,2-4H3/t18-,24+/m1/s1. The number of likely N-dealkylation sites (N-methyl/N-ethyl adjacent to an activating group) is 1. The minimum Gasteiger partial charge on any atom is -0.497 e. The molecule has 0 N–H and O–H groups in total. The van der Waals surface area contributed by atoms with Crippen LogP contribution in [-0.4, -0.2) is 37.1 Å². The fourth-order valence-corrected chi connectivity index (χ4v) is 3.56. The van der Waals surface area contributed by atoms with E-state index in [0.29, 0.717) is 0 Å². The van der Waals surface area contributed by atoms with Crippen LogP contribution in [0.5, 0.6) is 5.75 Å². The normalized spacial score (nSPS) is 14.9. The van der Waals surface area contributed by atoms with Gasteiger partial charge < -0.3 is 9.47 Å². The molecule has 1 aliphatic carbocycles. The van der Waals surface area contributed by atoms with E-state index in [0.717, 1.165) is 35.3 Å². The van der Waals surface area contributed by atoms with Gasteiger partial charge in [0, 0.05) is 0 Å². The molecule has 2 aromatic rings. The summed E-state index contributed by atoms with van der Waals surface area (Å²) in [4.78, 5) is 15.0. The van der Waals surface area contributed by atoms with E-state index in [4.69, 9.17) is 15.9 Å². The van der Waals surface area contributed by atoms with Crippen molar-refractivity contribution in [2.24, 2.45) is 0 Å². The number of fused-ring (bicyclic) bond motifs is 1. The summed E-state index contributed by atoms with van der Waals surface area (Å²) in [5.74, 6) is 3.29. The molecule has 0 aromatic heterocycles. The number of rotatable bonds is 7. The van der Waals surface area contributed by atoms with Crippen LogP contribution in [0.15, 0.2) is 54.1 Å². The summed E-state index contributed by atoms with van der Waals surface area (Å²) in [7, 11) is 3.55. The number of aryl methyl sites for hydroxylation is 1. The molecule has 0 unspecified atom stereocenters. The van der Waals surface area contributed by atoms with Crippen molar-refractivity contribution in [2.75, 3.05) is 14.2 Å². The van der Waals surface area contributed by atoms with E-state index in [2.05, 4.69) is 18.1 Å². The SMILES string of the molecule is C#C[C@@H](C)N(C)[C@H](C(=O)OCc1ccccc1)C1=Cc2ccc(OC)cc2CC1. The van der Waals surface area contributed by atoms with Gasteiger partial charge in [0.05, 0.1) is 13.2 Å². The van der Waals surface area contributed by atoms with Crippen LogP contribution in [0.1, 0.15) is 30.0 Å². The van der Waals surface area contributed by atoms with Gasteiger partial charge in [0.25, 0.3) is 0 Å². The summed E-state index contributed by atoms with van der Waals surface area (Å²) in [6, 6.07) is 15.0. The smallest absolute Gasteiger partial charge is 0.328 e. The summed E-state index contributed by atoms with van der Waals surface area (Å²) in [5, 5.41) is 0. The molecular formula is C25H27NO3. The van der Waals surface area contributed by atoms with Gasteiger partial charge in [-0.2, -0.15) is 0 Å². The van der Waals surface area contributed by atoms with Crippen molar-refractivity contribution >= 4 is 12.0 Å². The molecule has 29 heavy (non-hydrogen) atoms. The van der Waals surface area contributed by atoms with Gasteiger partial charge in [0.1, 0.15) is 18.4 Å². The van der Waals surface area contributed by atoms with Gasteiger partial charge in [-0.05, 0) is 61.2 Å². The molecule has 4 nitrogen and oxygen atoms in total. The van der Waals surface area contributed by atoms with Crippen LogP contribution in [-0.2, 0) is 22.6 Å². The van der Waals surface area contributed by atoms with Crippen molar-refractivity contribution in [3.63, 3.8) is 0 Å². The van der Waals surface area contributed by atoms with Crippen molar-refractivity contribution < 1.29 is 14.3 Å². The molecule has 0 fully saturated rings. The number of carbonyl (C=O) groups excluding carboxylic acids is 1. The zero-order chi connectivity index (χ0) is 20.8. The first kappa shape index (κ1) is 20.7. The van der Waals surface area contributed by atoms with Crippen molar-refractivity contribution in [2.45, 2.75) is 38.5 Å². The van der Waals surface area contributed by atoms with Crippen molar-refractivity contribution in [3.05, 3.63) is 70.8 Å². The van der Waals surface area contributed by atoms with Gasteiger partial charge >= 0.3 is 5.97 Å². The lowest BCUT2D eigenvalue weighted by Gasteiger charge is -2.32. The third-order valence-electron chi connectivity index (χ3n) is 5.43. The zero-order valence-electron chi connectivity index (χ0n) is 17.2. The maximum atomic E-state index is 13.1. The molecule has 0 aliphatic heterocycles. The molecule has 150 valence electrons. The lowest BCUT2D eigenvalue weighted by molar-refractivity contribution is -0.149. The third-order valence-corrected chi connectivity index (χ3v) is 5.43. The molecule has 0 heterocycles. The number of benzene rings is 2. The number of hydrogen-bond acceptors (Lipinski definition) is 4. The van der Waals surface area contributed by atoms with Crippen LogP contribution >= 0.6 is 0 Å². The predicted octanol–water partition coefficient (Wildman–Crippen LogP) is 4.09. The molecular weight excluding hydrogens is 362 g/mol. The average molecular weight is 389 g/mol. The summed E-state index contributed by atoms with van der Waals surface area (Å²) in [5.41, 5.74) is 4.31. The molecule has 2 aromatic carbocycles. The third kappa shape index (κ3) is 4.88. The predicted molar refractivity (Wildman–Crippen MR) is 115 cm³/mol. The highest BCUT2D eigenvalue weighted by Crippen LogP contribution is 2.31. The summed E-state index contributed by atoms with van der Waals surface area (Å²) < 4.78 is 11.0. The zero-order valence-corrected chi connectivity index (χ0v) is 17.2. The lowest BCUT2D eigenvalue weighted by Crippen LogP contribution is -2.45. The molecule has 4 heteroatoms. The van der Waals surface area contributed by atoms with E-state index in [1.54, 1.807) is 7.11 Å². The van der Waals surface area contributed by atoms with E-state index in [-0.39, 0.29) is 18.6 Å². The number of nitrogens with zero attached hydrogens (tertiary/aromatic N) is 1. The summed E-state index contributed by atoms with van der Waals surface area (Å²) >= 11 is 0. The van der Waals surface area contributed by atoms with Gasteiger partial charge in [0.15, 0.2) is 0 Å². The Hall–Kier alpha value is -3.03. The summed E-state index contributed by atoms with van der Waals surface area (Å²) in [6.07, 6.45) is 9.34. The quantitative estimate of drug-likeness (QED) is 0.528. The van der Waals surface area contributed by atoms with Crippen LogP contribution in [0, 0.1) is 12.3 Å². The topological polar surface area (TPSA) is 38.8 Å².